The summed E-state index contributed by atoms with van der Waals surface area (Å²) in [4.78, 5) is 12.1. The highest BCUT2D eigenvalue weighted by Gasteiger charge is 2.20. The van der Waals surface area contributed by atoms with Crippen LogP contribution in [0.15, 0.2) is 12.1 Å². The fourth-order valence-electron chi connectivity index (χ4n) is 2.03. The molecular formula is C13H18N2O4. The number of hydrogen-bond donors (Lipinski definition) is 3. The van der Waals surface area contributed by atoms with Crippen molar-refractivity contribution in [3.05, 3.63) is 17.7 Å². The average molecular weight is 266 g/mol. The number of benzene rings is 1. The van der Waals surface area contributed by atoms with E-state index in [4.69, 9.17) is 15.2 Å². The van der Waals surface area contributed by atoms with Crippen LogP contribution in [0.4, 0.5) is 5.69 Å². The van der Waals surface area contributed by atoms with Gasteiger partial charge in [0.25, 0.3) is 5.91 Å². The Balaban J connectivity index is 2.11. The molecule has 0 spiro atoms. The van der Waals surface area contributed by atoms with Crippen molar-refractivity contribution in [2.75, 3.05) is 12.5 Å². The zero-order valence-corrected chi connectivity index (χ0v) is 11.0. The van der Waals surface area contributed by atoms with E-state index in [9.17, 15) is 9.90 Å². The first kappa shape index (κ1) is 13.5. The topological polar surface area (TPSA) is 93.8 Å². The number of carbonyl (C=O) groups is 1. The highest BCUT2D eigenvalue weighted by molar-refractivity contribution is 6.00. The first-order chi connectivity index (χ1) is 8.97. The van der Waals surface area contributed by atoms with Gasteiger partial charge in [-0.3, -0.25) is 4.79 Å². The quantitative estimate of drug-likeness (QED) is 0.703. The van der Waals surface area contributed by atoms with E-state index in [0.29, 0.717) is 29.2 Å². The minimum absolute atomic E-state index is 0.137. The third-order valence-corrected chi connectivity index (χ3v) is 2.86. The molecule has 0 saturated heterocycles. The number of ether oxygens (including phenoxy) is 2. The molecule has 6 nitrogen and oxygen atoms in total. The van der Waals surface area contributed by atoms with Crippen LogP contribution in [0, 0.1) is 0 Å². The van der Waals surface area contributed by atoms with E-state index in [-0.39, 0.29) is 18.7 Å². The predicted octanol–water partition coefficient (Wildman–Crippen LogP) is 0.887. The molecule has 0 fully saturated rings. The summed E-state index contributed by atoms with van der Waals surface area (Å²) in [6, 6.07) is 3.01. The van der Waals surface area contributed by atoms with Gasteiger partial charge >= 0.3 is 0 Å². The Labute approximate surface area is 111 Å². The number of aliphatic hydroxyl groups excluding tert-OH is 1. The lowest BCUT2D eigenvalue weighted by atomic mass is 10.1. The Morgan fingerprint density at radius 3 is 2.68 bits per heavy atom. The van der Waals surface area contributed by atoms with E-state index in [2.05, 4.69) is 5.32 Å². The average Bonchev–Trinajstić information content (AvgIpc) is 2.73. The molecule has 2 atom stereocenters. The zero-order chi connectivity index (χ0) is 14.0. The fraction of sp³-hybridized carbons (Fsp3) is 0.462. The lowest BCUT2D eigenvalue weighted by Gasteiger charge is -2.16. The molecule has 0 radical (unpaired) electrons. The standard InChI is InChI=1S/C13H18N2O4/c1-7(3-8(2)16)15-13(17)9-4-11-12(5-10(9)14)19-6-18-11/h4-5,7-8,16H,3,6,14H2,1-2H3,(H,15,17). The molecule has 19 heavy (non-hydrogen) atoms. The van der Waals surface area contributed by atoms with Gasteiger partial charge in [-0.15, -0.1) is 0 Å². The highest BCUT2D eigenvalue weighted by Crippen LogP contribution is 2.35. The van der Waals surface area contributed by atoms with Crippen molar-refractivity contribution in [1.29, 1.82) is 0 Å². The highest BCUT2D eigenvalue weighted by atomic mass is 16.7. The second kappa shape index (κ2) is 5.36. The van der Waals surface area contributed by atoms with Gasteiger partial charge in [0, 0.05) is 17.8 Å². The van der Waals surface area contributed by atoms with Crippen LogP contribution in [0.2, 0.25) is 0 Å². The van der Waals surface area contributed by atoms with E-state index >= 15 is 0 Å². The van der Waals surface area contributed by atoms with Crippen molar-refractivity contribution in [3.8, 4) is 11.5 Å². The Kier molecular flexibility index (Phi) is 3.80. The molecule has 0 bridgehead atoms. The number of nitrogen functional groups attached to an aromatic ring is 1. The summed E-state index contributed by atoms with van der Waals surface area (Å²) >= 11 is 0. The summed E-state index contributed by atoms with van der Waals surface area (Å²) in [6.07, 6.45) is 0.0142. The minimum atomic E-state index is -0.468. The van der Waals surface area contributed by atoms with Crippen LogP contribution in [0.1, 0.15) is 30.6 Å². The number of nitrogens with two attached hydrogens (primary N) is 1. The second-order valence-electron chi connectivity index (χ2n) is 4.75. The maximum Gasteiger partial charge on any atom is 0.253 e. The van der Waals surface area contributed by atoms with E-state index in [1.807, 2.05) is 6.92 Å². The van der Waals surface area contributed by atoms with Crippen molar-refractivity contribution in [1.82, 2.24) is 5.32 Å². The molecule has 0 saturated carbocycles. The van der Waals surface area contributed by atoms with Crippen LogP contribution in [0.3, 0.4) is 0 Å². The molecule has 0 aliphatic carbocycles. The molecule has 1 aromatic rings. The maximum atomic E-state index is 12.1. The van der Waals surface area contributed by atoms with Crippen LogP contribution in [-0.4, -0.2) is 30.0 Å². The molecule has 2 unspecified atom stereocenters. The van der Waals surface area contributed by atoms with Crippen LogP contribution in [-0.2, 0) is 0 Å². The first-order valence-corrected chi connectivity index (χ1v) is 6.15. The smallest absolute Gasteiger partial charge is 0.253 e. The number of aliphatic hydroxyl groups is 1. The molecule has 2 rings (SSSR count). The van der Waals surface area contributed by atoms with E-state index in [1.54, 1.807) is 19.1 Å². The van der Waals surface area contributed by atoms with Crippen molar-refractivity contribution in [3.63, 3.8) is 0 Å². The predicted molar refractivity (Wildman–Crippen MR) is 70.2 cm³/mol. The van der Waals surface area contributed by atoms with E-state index in [1.165, 1.54) is 0 Å². The first-order valence-electron chi connectivity index (χ1n) is 6.15. The monoisotopic (exact) mass is 266 g/mol. The van der Waals surface area contributed by atoms with Gasteiger partial charge in [0.2, 0.25) is 6.79 Å². The van der Waals surface area contributed by atoms with Crippen molar-refractivity contribution in [2.45, 2.75) is 32.4 Å². The van der Waals surface area contributed by atoms with E-state index in [0.717, 1.165) is 0 Å². The van der Waals surface area contributed by atoms with Gasteiger partial charge in [0.1, 0.15) is 0 Å². The number of anilines is 1. The molecule has 1 amide bonds. The number of fused-ring (bicyclic) bond motifs is 1. The summed E-state index contributed by atoms with van der Waals surface area (Å²) < 4.78 is 10.4. The van der Waals surface area contributed by atoms with Crippen molar-refractivity contribution in [2.24, 2.45) is 0 Å². The third-order valence-electron chi connectivity index (χ3n) is 2.86. The Bertz CT molecular complexity index is 488. The lowest BCUT2D eigenvalue weighted by molar-refractivity contribution is 0.0923. The number of amides is 1. The van der Waals surface area contributed by atoms with Gasteiger partial charge in [-0.1, -0.05) is 0 Å². The Morgan fingerprint density at radius 1 is 1.42 bits per heavy atom. The van der Waals surface area contributed by atoms with Gasteiger partial charge < -0.3 is 25.6 Å². The normalized spacial score (nSPS) is 15.9. The van der Waals surface area contributed by atoms with Gasteiger partial charge in [0.15, 0.2) is 11.5 Å². The third kappa shape index (κ3) is 3.08. The lowest BCUT2D eigenvalue weighted by Crippen LogP contribution is -2.35. The SMILES string of the molecule is CC(O)CC(C)NC(=O)c1cc2c(cc1N)OCO2. The van der Waals surface area contributed by atoms with Crippen LogP contribution in [0.25, 0.3) is 0 Å². The summed E-state index contributed by atoms with van der Waals surface area (Å²) in [5, 5.41) is 12.1. The number of nitrogens with one attached hydrogen (secondary N) is 1. The molecule has 1 aliphatic rings. The van der Waals surface area contributed by atoms with Crippen LogP contribution >= 0.6 is 0 Å². The molecule has 0 aromatic heterocycles. The van der Waals surface area contributed by atoms with Crippen molar-refractivity contribution < 1.29 is 19.4 Å². The Morgan fingerprint density at radius 2 is 2.05 bits per heavy atom. The second-order valence-corrected chi connectivity index (χ2v) is 4.75. The van der Waals surface area contributed by atoms with Crippen LogP contribution < -0.4 is 20.5 Å². The van der Waals surface area contributed by atoms with E-state index < -0.39 is 6.10 Å². The minimum Gasteiger partial charge on any atom is -0.454 e. The van der Waals surface area contributed by atoms with Gasteiger partial charge in [-0.05, 0) is 26.3 Å². The zero-order valence-electron chi connectivity index (χ0n) is 11.0. The molecule has 1 aliphatic heterocycles. The summed E-state index contributed by atoms with van der Waals surface area (Å²) in [5.41, 5.74) is 6.51. The maximum absolute atomic E-state index is 12.1. The largest absolute Gasteiger partial charge is 0.454 e. The van der Waals surface area contributed by atoms with Crippen LogP contribution in [0.5, 0.6) is 11.5 Å². The number of hydrogen-bond acceptors (Lipinski definition) is 5. The summed E-state index contributed by atoms with van der Waals surface area (Å²) in [6.45, 7) is 3.64. The van der Waals surface area contributed by atoms with Gasteiger partial charge in [0.05, 0.1) is 11.7 Å². The van der Waals surface area contributed by atoms with Crippen molar-refractivity contribution >= 4 is 11.6 Å². The number of rotatable bonds is 4. The molecular weight excluding hydrogens is 248 g/mol. The van der Waals surface area contributed by atoms with Gasteiger partial charge in [-0.2, -0.15) is 0 Å². The summed E-state index contributed by atoms with van der Waals surface area (Å²) in [5.74, 6) is 0.776. The molecule has 1 aromatic carbocycles. The van der Waals surface area contributed by atoms with Gasteiger partial charge in [-0.25, -0.2) is 0 Å². The number of carbonyl (C=O) groups excluding carboxylic acids is 1. The Hall–Kier alpha value is -1.95. The molecule has 1 heterocycles. The molecule has 104 valence electrons. The fourth-order valence-corrected chi connectivity index (χ4v) is 2.03. The molecule has 6 heteroatoms. The molecule has 4 N–H and O–H groups in total. The summed E-state index contributed by atoms with van der Waals surface area (Å²) in [7, 11) is 0.